The molecule has 0 saturated heterocycles. The van der Waals surface area contributed by atoms with E-state index in [4.69, 9.17) is 5.11 Å². The fourth-order valence-corrected chi connectivity index (χ4v) is 1.77. The number of thioether (sulfide) groups is 1. The molecule has 1 unspecified atom stereocenters. The summed E-state index contributed by atoms with van der Waals surface area (Å²) in [5, 5.41) is 8.88. The molecule has 0 bridgehead atoms. The van der Waals surface area contributed by atoms with Crippen LogP contribution in [0.2, 0.25) is 0 Å². The molecule has 0 aliphatic carbocycles. The van der Waals surface area contributed by atoms with E-state index in [1.807, 2.05) is 6.92 Å². The minimum Gasteiger partial charge on any atom is -0.466 e. The number of ether oxygens (including phenoxy) is 1. The lowest BCUT2D eigenvalue weighted by Gasteiger charge is -2.08. The summed E-state index contributed by atoms with van der Waals surface area (Å²) < 4.78 is 4.66. The molecule has 0 aliphatic rings. The van der Waals surface area contributed by atoms with E-state index in [0.29, 0.717) is 18.8 Å². The van der Waals surface area contributed by atoms with Gasteiger partial charge in [-0.15, -0.1) is 0 Å². The van der Waals surface area contributed by atoms with Gasteiger partial charge >= 0.3 is 5.97 Å². The van der Waals surface area contributed by atoms with Crippen LogP contribution >= 0.6 is 11.8 Å². The Morgan fingerprint density at radius 3 is 2.67 bits per heavy atom. The highest BCUT2D eigenvalue weighted by molar-refractivity contribution is 8.00. The number of aliphatic hydroxyl groups is 1. The minimum absolute atomic E-state index is 0.122. The summed E-state index contributed by atoms with van der Waals surface area (Å²) in [4.78, 5) is 22.2. The zero-order valence-electron chi connectivity index (χ0n) is 9.19. The first-order chi connectivity index (χ1) is 7.10. The Morgan fingerprint density at radius 2 is 2.13 bits per heavy atom. The lowest BCUT2D eigenvalue weighted by Crippen LogP contribution is -2.14. The molecule has 0 amide bonds. The molecule has 0 aliphatic heterocycles. The number of Topliss-reactive ketones (excluding diaryl/α,β-unsaturated/α-hetero) is 1. The highest BCUT2D eigenvalue weighted by Crippen LogP contribution is 2.13. The molecule has 0 spiro atoms. The van der Waals surface area contributed by atoms with Crippen molar-refractivity contribution in [3.05, 3.63) is 0 Å². The molecule has 0 heterocycles. The van der Waals surface area contributed by atoms with Gasteiger partial charge in [0.15, 0.2) is 5.78 Å². The largest absolute Gasteiger partial charge is 0.466 e. The van der Waals surface area contributed by atoms with Gasteiger partial charge < -0.3 is 9.84 Å². The van der Waals surface area contributed by atoms with E-state index in [-0.39, 0.29) is 24.1 Å². The highest BCUT2D eigenvalue weighted by Gasteiger charge is 2.11. The molecule has 0 aromatic heterocycles. The first-order valence-electron chi connectivity index (χ1n) is 5.00. The molecule has 0 radical (unpaired) electrons. The Balaban J connectivity index is 3.61. The number of hydrogen-bond donors (Lipinski definition) is 1. The van der Waals surface area contributed by atoms with Gasteiger partial charge in [0, 0.05) is 11.9 Å². The van der Waals surface area contributed by atoms with E-state index in [1.54, 1.807) is 6.92 Å². The third-order valence-corrected chi connectivity index (χ3v) is 3.00. The second-order valence-corrected chi connectivity index (χ2v) is 4.58. The monoisotopic (exact) mass is 234 g/mol. The van der Waals surface area contributed by atoms with Crippen molar-refractivity contribution in [1.29, 1.82) is 0 Å². The molecule has 5 heteroatoms. The maximum Gasteiger partial charge on any atom is 0.313 e. The fourth-order valence-electron chi connectivity index (χ4n) is 0.924. The van der Waals surface area contributed by atoms with Gasteiger partial charge in [0.2, 0.25) is 0 Å². The lowest BCUT2D eigenvalue weighted by atomic mass is 10.3. The van der Waals surface area contributed by atoms with Crippen LogP contribution in [-0.2, 0) is 14.3 Å². The third-order valence-electron chi connectivity index (χ3n) is 1.71. The van der Waals surface area contributed by atoms with Crippen LogP contribution in [0.5, 0.6) is 0 Å². The van der Waals surface area contributed by atoms with Crippen molar-refractivity contribution in [2.45, 2.75) is 31.9 Å². The van der Waals surface area contributed by atoms with Crippen LogP contribution < -0.4 is 0 Å². The van der Waals surface area contributed by atoms with Gasteiger partial charge in [0.05, 0.1) is 12.4 Å². The van der Waals surface area contributed by atoms with Gasteiger partial charge in [-0.25, -0.2) is 0 Å². The molecule has 0 aromatic carbocycles. The van der Waals surface area contributed by atoms with E-state index < -0.39 is 5.97 Å². The number of carbonyl (C=O) groups is 2. The number of aliphatic hydroxyl groups excluding tert-OH is 1. The maximum atomic E-state index is 11.3. The second kappa shape index (κ2) is 8.73. The van der Waals surface area contributed by atoms with E-state index >= 15 is 0 Å². The average Bonchev–Trinajstić information content (AvgIpc) is 2.15. The molecular weight excluding hydrogens is 216 g/mol. The number of carbonyl (C=O) groups excluding carboxylic acids is 2. The molecule has 0 saturated carbocycles. The van der Waals surface area contributed by atoms with Crippen LogP contribution in [0.15, 0.2) is 0 Å². The van der Waals surface area contributed by atoms with Crippen molar-refractivity contribution in [2.75, 3.05) is 19.0 Å². The van der Waals surface area contributed by atoms with Crippen LogP contribution in [0.25, 0.3) is 0 Å². The van der Waals surface area contributed by atoms with Crippen LogP contribution in [0.3, 0.4) is 0 Å². The van der Waals surface area contributed by atoms with Crippen molar-refractivity contribution in [3.63, 3.8) is 0 Å². The number of rotatable bonds is 8. The van der Waals surface area contributed by atoms with E-state index in [0.717, 1.165) is 0 Å². The number of ketones is 1. The Labute approximate surface area is 94.4 Å². The molecule has 88 valence electrons. The van der Waals surface area contributed by atoms with E-state index in [1.165, 1.54) is 11.8 Å². The van der Waals surface area contributed by atoms with Gasteiger partial charge in [-0.3, -0.25) is 9.59 Å². The summed E-state index contributed by atoms with van der Waals surface area (Å²) in [6.45, 7) is 4.08. The van der Waals surface area contributed by atoms with Crippen molar-refractivity contribution >= 4 is 23.5 Å². The minimum atomic E-state index is -0.460. The van der Waals surface area contributed by atoms with Gasteiger partial charge in [0.25, 0.3) is 0 Å². The molecular formula is C10H18O4S. The van der Waals surface area contributed by atoms with E-state index in [9.17, 15) is 9.59 Å². The SMILES string of the molecule is CCOC(=O)CC(=O)CSC(C)CCO. The molecule has 4 nitrogen and oxygen atoms in total. The first kappa shape index (κ1) is 14.5. The summed E-state index contributed by atoms with van der Waals surface area (Å²) in [6, 6.07) is 0. The van der Waals surface area contributed by atoms with Gasteiger partial charge in [-0.05, 0) is 13.3 Å². The predicted octanol–water partition coefficient (Wildman–Crippen LogP) is 1.01. The topological polar surface area (TPSA) is 63.6 Å². The Bertz CT molecular complexity index is 206. The highest BCUT2D eigenvalue weighted by atomic mass is 32.2. The van der Waals surface area contributed by atoms with E-state index in [2.05, 4.69) is 4.74 Å². The molecule has 0 fully saturated rings. The Morgan fingerprint density at radius 1 is 1.47 bits per heavy atom. The Kier molecular flexibility index (Phi) is 8.41. The molecule has 1 N–H and O–H groups in total. The van der Waals surface area contributed by atoms with Crippen molar-refractivity contribution < 1.29 is 19.4 Å². The molecule has 0 aromatic rings. The van der Waals surface area contributed by atoms with Gasteiger partial charge in [-0.2, -0.15) is 11.8 Å². The quantitative estimate of drug-likeness (QED) is 0.501. The fraction of sp³-hybridized carbons (Fsp3) is 0.800. The summed E-state index contributed by atoms with van der Waals surface area (Å²) in [5.41, 5.74) is 0. The smallest absolute Gasteiger partial charge is 0.313 e. The van der Waals surface area contributed by atoms with Crippen molar-refractivity contribution in [3.8, 4) is 0 Å². The summed E-state index contributed by atoms with van der Waals surface area (Å²) in [5.74, 6) is -0.277. The number of hydrogen-bond acceptors (Lipinski definition) is 5. The predicted molar refractivity (Wildman–Crippen MR) is 59.9 cm³/mol. The number of esters is 1. The van der Waals surface area contributed by atoms with Gasteiger partial charge in [0.1, 0.15) is 6.42 Å². The summed E-state index contributed by atoms with van der Waals surface area (Å²) >= 11 is 1.45. The first-order valence-corrected chi connectivity index (χ1v) is 6.04. The van der Waals surface area contributed by atoms with Gasteiger partial charge in [-0.1, -0.05) is 6.92 Å². The van der Waals surface area contributed by atoms with Crippen LogP contribution in [0.4, 0.5) is 0 Å². The second-order valence-electron chi connectivity index (χ2n) is 3.15. The molecule has 15 heavy (non-hydrogen) atoms. The van der Waals surface area contributed by atoms with Crippen LogP contribution in [-0.4, -0.2) is 41.1 Å². The molecule has 0 rings (SSSR count). The summed E-state index contributed by atoms with van der Waals surface area (Å²) in [6.07, 6.45) is 0.518. The van der Waals surface area contributed by atoms with Crippen LogP contribution in [0.1, 0.15) is 26.7 Å². The standard InChI is InChI=1S/C10H18O4S/c1-3-14-10(13)6-9(12)7-15-8(2)4-5-11/h8,11H,3-7H2,1-2H3. The lowest BCUT2D eigenvalue weighted by molar-refractivity contribution is -0.145. The average molecular weight is 234 g/mol. The Hall–Kier alpha value is -0.550. The summed E-state index contributed by atoms with van der Waals surface area (Å²) in [7, 11) is 0. The van der Waals surface area contributed by atoms with Crippen molar-refractivity contribution in [2.24, 2.45) is 0 Å². The third kappa shape index (κ3) is 8.44. The zero-order valence-corrected chi connectivity index (χ0v) is 10.0. The molecule has 1 atom stereocenters. The normalized spacial score (nSPS) is 12.2. The maximum absolute atomic E-state index is 11.3. The zero-order chi connectivity index (χ0) is 11.7. The van der Waals surface area contributed by atoms with Crippen molar-refractivity contribution in [1.82, 2.24) is 0 Å². The van der Waals surface area contributed by atoms with Crippen LogP contribution in [0, 0.1) is 0 Å².